The lowest BCUT2D eigenvalue weighted by Crippen LogP contribution is -2.39. The number of aliphatic hydroxyl groups excluding tert-OH is 1. The first kappa shape index (κ1) is 30.8. The summed E-state index contributed by atoms with van der Waals surface area (Å²) in [6, 6.07) is 27.6. The van der Waals surface area contributed by atoms with Gasteiger partial charge in [-0.25, -0.2) is 0 Å². The number of nitrogens with zero attached hydrogens (tertiary/aromatic N) is 2. The van der Waals surface area contributed by atoms with Gasteiger partial charge in [0.15, 0.2) is 5.65 Å². The minimum atomic E-state index is -0.993. The fourth-order valence-electron chi connectivity index (χ4n) is 6.36. The molecule has 2 aromatic heterocycles. The van der Waals surface area contributed by atoms with E-state index in [9.17, 15) is 14.7 Å². The minimum absolute atomic E-state index is 0.125. The number of H-pyrrole nitrogens is 1. The Hall–Kier alpha value is -4.25. The van der Waals surface area contributed by atoms with Crippen molar-refractivity contribution >= 4 is 27.6 Å². The molecule has 1 aliphatic heterocycles. The van der Waals surface area contributed by atoms with Crippen molar-refractivity contribution in [3.05, 3.63) is 122 Å². The fourth-order valence-corrected chi connectivity index (χ4v) is 7.20. The molecule has 0 unspecified atom stereocenters. The van der Waals surface area contributed by atoms with Gasteiger partial charge in [-0.05, 0) is 48.1 Å². The Kier molecular flexibility index (Phi) is 8.63. The fraction of sp³-hybridized carbons (Fsp3) is 0.343. The molecule has 0 spiro atoms. The summed E-state index contributed by atoms with van der Waals surface area (Å²) in [6.45, 7) is 5.92. The number of fused-ring (bicyclic) bond motifs is 1. The molecular weight excluding hydrogens is 588 g/mol. The van der Waals surface area contributed by atoms with Gasteiger partial charge in [0.25, 0.3) is 5.56 Å². The normalized spacial score (nSPS) is 19.8. The minimum Gasteiger partial charge on any atom is -0.497 e. The monoisotopic (exact) mass is 626 g/mol. The molecule has 6 rings (SSSR count). The van der Waals surface area contributed by atoms with E-state index in [-0.39, 0.29) is 39.1 Å². The van der Waals surface area contributed by atoms with Crippen molar-refractivity contribution in [2.24, 2.45) is 11.8 Å². The van der Waals surface area contributed by atoms with E-state index in [1.807, 2.05) is 84.9 Å². The molecule has 0 radical (unpaired) electrons. The first-order valence-corrected chi connectivity index (χ1v) is 16.1. The number of rotatable bonds is 10. The summed E-state index contributed by atoms with van der Waals surface area (Å²) < 4.78 is 13.6. The van der Waals surface area contributed by atoms with Crippen LogP contribution >= 0.6 is 11.3 Å². The maximum atomic E-state index is 13.6. The van der Waals surface area contributed by atoms with Crippen LogP contribution < -0.4 is 20.5 Å². The maximum absolute atomic E-state index is 13.6. The van der Waals surface area contributed by atoms with Gasteiger partial charge in [-0.15, -0.1) is 0 Å². The van der Waals surface area contributed by atoms with Crippen LogP contribution in [0.25, 0.3) is 10.3 Å². The van der Waals surface area contributed by atoms with Crippen LogP contribution in [0.3, 0.4) is 0 Å². The van der Waals surface area contributed by atoms with E-state index in [0.29, 0.717) is 12.2 Å². The van der Waals surface area contributed by atoms with Crippen LogP contribution in [-0.4, -0.2) is 39.0 Å². The van der Waals surface area contributed by atoms with Gasteiger partial charge in [0, 0.05) is 5.92 Å². The Morgan fingerprint density at radius 3 is 2.18 bits per heavy atom. The third-order valence-corrected chi connectivity index (χ3v) is 10.00. The van der Waals surface area contributed by atoms with E-state index in [2.05, 4.69) is 24.1 Å². The molecule has 3 heterocycles. The smallest absolute Gasteiger partial charge is 0.311 e. The second-order valence-corrected chi connectivity index (χ2v) is 12.7. The SMILES string of the molecule is CC[C@H](C)[C@@H]1C[C@@H]([C@@H](C)O)[C@H](n2c(=O)sc3c(=O)[nH]c(NC(c4ccccc4)(c4ccccc4)c4ccc(OC)cc4)nc32)O1. The predicted octanol–water partition coefficient (Wildman–Crippen LogP) is 5.89. The molecule has 234 valence electrons. The largest absolute Gasteiger partial charge is 0.497 e. The maximum Gasteiger partial charge on any atom is 0.311 e. The van der Waals surface area contributed by atoms with E-state index in [1.165, 1.54) is 4.57 Å². The molecule has 5 aromatic rings. The summed E-state index contributed by atoms with van der Waals surface area (Å²) in [6.07, 6.45) is -0.0779. The molecule has 1 aliphatic rings. The van der Waals surface area contributed by atoms with Crippen LogP contribution in [0.15, 0.2) is 94.5 Å². The molecule has 0 bridgehead atoms. The van der Waals surface area contributed by atoms with Crippen LogP contribution in [-0.2, 0) is 10.3 Å². The second-order valence-electron chi connectivity index (χ2n) is 11.7. The van der Waals surface area contributed by atoms with Crippen molar-refractivity contribution in [2.45, 2.75) is 57.6 Å². The van der Waals surface area contributed by atoms with E-state index >= 15 is 0 Å². The van der Waals surface area contributed by atoms with Gasteiger partial charge >= 0.3 is 4.87 Å². The van der Waals surface area contributed by atoms with Crippen molar-refractivity contribution in [1.82, 2.24) is 14.5 Å². The number of hydrogen-bond acceptors (Lipinski definition) is 8. The predicted molar refractivity (Wildman–Crippen MR) is 177 cm³/mol. The number of aliphatic hydroxyl groups is 1. The van der Waals surface area contributed by atoms with Crippen LogP contribution in [0.1, 0.15) is 56.5 Å². The molecule has 0 aliphatic carbocycles. The van der Waals surface area contributed by atoms with Crippen molar-refractivity contribution in [3.63, 3.8) is 0 Å². The summed E-state index contributed by atoms with van der Waals surface area (Å²) >= 11 is 0.839. The number of nitrogens with one attached hydrogen (secondary N) is 2. The van der Waals surface area contributed by atoms with Gasteiger partial charge in [0.2, 0.25) is 5.95 Å². The Bertz CT molecular complexity index is 1830. The number of thiazole rings is 1. The quantitative estimate of drug-likeness (QED) is 0.166. The number of anilines is 1. The second kappa shape index (κ2) is 12.6. The van der Waals surface area contributed by atoms with Crippen LogP contribution in [0.5, 0.6) is 5.75 Å². The van der Waals surface area contributed by atoms with Crippen LogP contribution in [0, 0.1) is 11.8 Å². The summed E-state index contributed by atoms with van der Waals surface area (Å²) in [5, 5.41) is 14.3. The molecule has 10 heteroatoms. The highest BCUT2D eigenvalue weighted by Gasteiger charge is 2.43. The zero-order valence-corrected chi connectivity index (χ0v) is 26.6. The lowest BCUT2D eigenvalue weighted by molar-refractivity contribution is -0.0477. The van der Waals surface area contributed by atoms with Crippen molar-refractivity contribution in [3.8, 4) is 5.75 Å². The standard InChI is InChI=1S/C35H38N4O5S/c1-5-21(2)28-20-27(22(3)40)32(44-28)39-30-29(45-34(39)42)31(41)37-33(36-30)38-35(23-12-8-6-9-13-23,24-14-10-7-11-15-24)25-16-18-26(43-4)19-17-25/h6-19,21-22,27-28,32,40H,5,20H2,1-4H3,(H2,36,37,38,41)/t21-,22+,27-,28-,32+/m0/s1. The molecule has 1 saturated heterocycles. The highest BCUT2D eigenvalue weighted by Crippen LogP contribution is 2.42. The van der Waals surface area contributed by atoms with Crippen molar-refractivity contribution in [1.29, 1.82) is 0 Å². The zero-order valence-electron chi connectivity index (χ0n) is 25.8. The Labute approximate surface area is 265 Å². The van der Waals surface area contributed by atoms with E-state index in [0.717, 1.165) is 34.4 Å². The topological polar surface area (TPSA) is 118 Å². The highest BCUT2D eigenvalue weighted by atomic mass is 32.1. The molecule has 9 nitrogen and oxygen atoms in total. The third kappa shape index (κ3) is 5.58. The first-order valence-electron chi connectivity index (χ1n) is 15.3. The van der Waals surface area contributed by atoms with Gasteiger partial charge < -0.3 is 19.9 Å². The number of benzene rings is 3. The van der Waals surface area contributed by atoms with Gasteiger partial charge in [0.05, 0.1) is 19.3 Å². The van der Waals surface area contributed by atoms with Crippen LogP contribution in [0.4, 0.5) is 5.95 Å². The first-order chi connectivity index (χ1) is 21.8. The Morgan fingerprint density at radius 2 is 1.62 bits per heavy atom. The molecule has 0 saturated carbocycles. The van der Waals surface area contributed by atoms with Gasteiger partial charge in [-0.1, -0.05) is 104 Å². The van der Waals surface area contributed by atoms with Gasteiger partial charge in [-0.3, -0.25) is 19.1 Å². The summed E-state index contributed by atoms with van der Waals surface area (Å²) in [5.74, 6) is 0.813. The van der Waals surface area contributed by atoms with Crippen molar-refractivity contribution < 1.29 is 14.6 Å². The molecule has 3 aromatic carbocycles. The van der Waals surface area contributed by atoms with E-state index < -0.39 is 23.4 Å². The molecule has 0 amide bonds. The average Bonchev–Trinajstić information content (AvgIpc) is 3.65. The van der Waals surface area contributed by atoms with Crippen molar-refractivity contribution in [2.75, 3.05) is 12.4 Å². The zero-order chi connectivity index (χ0) is 31.7. The average molecular weight is 627 g/mol. The third-order valence-electron chi connectivity index (χ3n) is 9.05. The number of hydrogen-bond donors (Lipinski definition) is 3. The molecule has 45 heavy (non-hydrogen) atoms. The van der Waals surface area contributed by atoms with E-state index in [1.54, 1.807) is 14.0 Å². The van der Waals surface area contributed by atoms with Gasteiger partial charge in [0.1, 0.15) is 22.2 Å². The lowest BCUT2D eigenvalue weighted by Gasteiger charge is -2.37. The summed E-state index contributed by atoms with van der Waals surface area (Å²) in [7, 11) is 1.63. The van der Waals surface area contributed by atoms with E-state index in [4.69, 9.17) is 14.5 Å². The Morgan fingerprint density at radius 1 is 1.02 bits per heavy atom. The highest BCUT2D eigenvalue weighted by molar-refractivity contribution is 7.16. The number of methoxy groups -OCH3 is 1. The molecule has 5 atom stereocenters. The Balaban J connectivity index is 1.55. The molecular formula is C35H38N4O5S. The van der Waals surface area contributed by atoms with Gasteiger partial charge in [-0.2, -0.15) is 4.98 Å². The molecule has 1 fully saturated rings. The number of aromatic amines is 1. The number of aromatic nitrogens is 3. The molecule has 3 N–H and O–H groups in total. The number of ether oxygens (including phenoxy) is 2. The van der Waals surface area contributed by atoms with Crippen LogP contribution in [0.2, 0.25) is 0 Å². The lowest BCUT2D eigenvalue weighted by atomic mass is 9.77. The summed E-state index contributed by atoms with van der Waals surface area (Å²) in [4.78, 5) is 34.6. The summed E-state index contributed by atoms with van der Waals surface area (Å²) in [5.41, 5.74) is 1.51.